The van der Waals surface area contributed by atoms with Crippen molar-refractivity contribution in [3.8, 4) is 11.5 Å². The molecule has 0 aliphatic carbocycles. The maximum atomic E-state index is 9.07. The SMILES string of the molecule is COc1cc(C[NH2+]CC[NH+](C)C)c(Cl)cc1O[C@@H](C)CO. The highest BCUT2D eigenvalue weighted by molar-refractivity contribution is 6.31. The van der Waals surface area contributed by atoms with Crippen LogP contribution in [0.25, 0.3) is 0 Å². The van der Waals surface area contributed by atoms with E-state index in [0.29, 0.717) is 16.5 Å². The van der Waals surface area contributed by atoms with Crippen LogP contribution in [0.1, 0.15) is 12.5 Å². The zero-order chi connectivity index (χ0) is 15.8. The normalized spacial score (nSPS) is 12.5. The zero-order valence-corrected chi connectivity index (χ0v) is 14.0. The summed E-state index contributed by atoms with van der Waals surface area (Å²) in [5.74, 6) is 1.20. The Balaban J connectivity index is 2.73. The van der Waals surface area contributed by atoms with Crippen molar-refractivity contribution in [2.45, 2.75) is 19.6 Å². The van der Waals surface area contributed by atoms with Gasteiger partial charge in [-0.2, -0.15) is 0 Å². The summed E-state index contributed by atoms with van der Waals surface area (Å²) in [5.41, 5.74) is 1.02. The molecule has 6 heteroatoms. The van der Waals surface area contributed by atoms with Gasteiger partial charge in [0.2, 0.25) is 0 Å². The van der Waals surface area contributed by atoms with Gasteiger partial charge in [-0.1, -0.05) is 11.6 Å². The third-order valence-electron chi connectivity index (χ3n) is 3.13. The number of quaternary nitrogens is 2. The van der Waals surface area contributed by atoms with Gasteiger partial charge >= 0.3 is 0 Å². The van der Waals surface area contributed by atoms with Crippen molar-refractivity contribution >= 4 is 11.6 Å². The van der Waals surface area contributed by atoms with E-state index in [0.717, 1.165) is 25.2 Å². The first-order valence-electron chi connectivity index (χ1n) is 7.22. The van der Waals surface area contributed by atoms with Crippen LogP contribution < -0.4 is 19.7 Å². The van der Waals surface area contributed by atoms with Gasteiger partial charge in [0.15, 0.2) is 11.5 Å². The summed E-state index contributed by atoms with van der Waals surface area (Å²) in [6.45, 7) is 4.69. The van der Waals surface area contributed by atoms with E-state index in [9.17, 15) is 0 Å². The summed E-state index contributed by atoms with van der Waals surface area (Å²) < 4.78 is 11.0. The van der Waals surface area contributed by atoms with Gasteiger partial charge in [-0.15, -0.1) is 0 Å². The van der Waals surface area contributed by atoms with Gasteiger partial charge in [-0.3, -0.25) is 0 Å². The predicted octanol–water partition coefficient (Wildman–Crippen LogP) is -0.684. The molecule has 0 bridgehead atoms. The summed E-state index contributed by atoms with van der Waals surface area (Å²) in [6.07, 6.45) is -0.296. The molecule has 4 N–H and O–H groups in total. The van der Waals surface area contributed by atoms with Crippen LogP contribution >= 0.6 is 11.6 Å². The van der Waals surface area contributed by atoms with Crippen molar-refractivity contribution in [1.29, 1.82) is 0 Å². The van der Waals surface area contributed by atoms with E-state index in [1.54, 1.807) is 20.1 Å². The predicted molar refractivity (Wildman–Crippen MR) is 83.4 cm³/mol. The summed E-state index contributed by atoms with van der Waals surface area (Å²) in [4.78, 5) is 1.43. The molecule has 0 amide bonds. The number of methoxy groups -OCH3 is 1. The minimum absolute atomic E-state index is 0.0524. The molecule has 1 aromatic carbocycles. The third kappa shape index (κ3) is 6.09. The van der Waals surface area contributed by atoms with Gasteiger partial charge in [-0.25, -0.2) is 0 Å². The van der Waals surface area contributed by atoms with E-state index in [-0.39, 0.29) is 12.7 Å². The number of rotatable bonds is 9. The number of hydrogen-bond donors (Lipinski definition) is 3. The van der Waals surface area contributed by atoms with E-state index in [4.69, 9.17) is 26.2 Å². The Kier molecular flexibility index (Phi) is 7.82. The first-order valence-corrected chi connectivity index (χ1v) is 7.60. The first-order chi connectivity index (χ1) is 9.97. The molecule has 0 unspecified atom stereocenters. The summed E-state index contributed by atoms with van der Waals surface area (Å²) >= 11 is 6.30. The van der Waals surface area contributed by atoms with Crippen LogP contribution in [0.5, 0.6) is 11.5 Å². The van der Waals surface area contributed by atoms with Gasteiger partial charge in [-0.05, 0) is 13.0 Å². The highest BCUT2D eigenvalue weighted by Crippen LogP contribution is 2.33. The molecule has 0 radical (unpaired) electrons. The second-order valence-corrected chi connectivity index (χ2v) is 5.85. The second kappa shape index (κ2) is 9.10. The molecule has 0 aliphatic rings. The Hall–Kier alpha value is -1.01. The van der Waals surface area contributed by atoms with Gasteiger partial charge in [0.05, 0.1) is 32.8 Å². The van der Waals surface area contributed by atoms with Crippen LogP contribution in [0.2, 0.25) is 5.02 Å². The number of benzene rings is 1. The molecule has 1 aromatic rings. The monoisotopic (exact) mass is 318 g/mol. The average molecular weight is 319 g/mol. The number of aliphatic hydroxyl groups is 1. The molecule has 21 heavy (non-hydrogen) atoms. The van der Waals surface area contributed by atoms with Crippen LogP contribution in [0.4, 0.5) is 0 Å². The maximum Gasteiger partial charge on any atom is 0.163 e. The standard InChI is InChI=1S/C15H25ClN2O3/c1-11(10-19)21-15-8-13(16)12(7-14(15)20-4)9-17-5-6-18(2)3/h7-8,11,17,19H,5-6,9-10H2,1-4H3/p+2/t11-/m0/s1. The quantitative estimate of drug-likeness (QED) is 0.529. The van der Waals surface area contributed by atoms with Crippen LogP contribution in [-0.2, 0) is 6.54 Å². The minimum Gasteiger partial charge on any atom is -0.493 e. The molecule has 1 rings (SSSR count). The minimum atomic E-state index is -0.296. The Morgan fingerprint density at radius 1 is 1.33 bits per heavy atom. The smallest absolute Gasteiger partial charge is 0.163 e. The molecule has 0 aliphatic heterocycles. The molecule has 0 saturated carbocycles. The third-order valence-corrected chi connectivity index (χ3v) is 3.48. The molecule has 0 saturated heterocycles. The lowest BCUT2D eigenvalue weighted by Gasteiger charge is -2.16. The molecule has 5 nitrogen and oxygen atoms in total. The Morgan fingerprint density at radius 2 is 2.05 bits per heavy atom. The molecule has 0 spiro atoms. The van der Waals surface area contributed by atoms with Crippen molar-refractivity contribution in [2.24, 2.45) is 0 Å². The van der Waals surface area contributed by atoms with Crippen LogP contribution in [0.3, 0.4) is 0 Å². The van der Waals surface area contributed by atoms with Gasteiger partial charge in [0, 0.05) is 11.6 Å². The Labute approximate surface area is 131 Å². The van der Waals surface area contributed by atoms with Crippen molar-refractivity contribution in [1.82, 2.24) is 0 Å². The van der Waals surface area contributed by atoms with Crippen molar-refractivity contribution in [2.75, 3.05) is 40.9 Å². The van der Waals surface area contributed by atoms with E-state index in [2.05, 4.69) is 19.4 Å². The summed E-state index contributed by atoms with van der Waals surface area (Å²) in [6, 6.07) is 3.66. The zero-order valence-electron chi connectivity index (χ0n) is 13.3. The van der Waals surface area contributed by atoms with Crippen LogP contribution in [-0.4, -0.2) is 52.1 Å². The van der Waals surface area contributed by atoms with Crippen molar-refractivity contribution in [3.63, 3.8) is 0 Å². The van der Waals surface area contributed by atoms with Crippen LogP contribution in [0.15, 0.2) is 12.1 Å². The molecule has 0 aromatic heterocycles. The number of aliphatic hydroxyl groups excluding tert-OH is 1. The number of hydrogen-bond acceptors (Lipinski definition) is 3. The van der Waals surface area contributed by atoms with Crippen molar-refractivity contribution in [3.05, 3.63) is 22.7 Å². The number of nitrogens with one attached hydrogen (secondary N) is 1. The Bertz CT molecular complexity index is 441. The summed E-state index contributed by atoms with van der Waals surface area (Å²) in [5, 5.41) is 11.9. The van der Waals surface area contributed by atoms with Gasteiger partial charge < -0.3 is 24.8 Å². The maximum absolute atomic E-state index is 9.07. The second-order valence-electron chi connectivity index (χ2n) is 5.44. The highest BCUT2D eigenvalue weighted by atomic mass is 35.5. The fraction of sp³-hybridized carbons (Fsp3) is 0.600. The lowest BCUT2D eigenvalue weighted by atomic mass is 10.2. The number of ether oxygens (including phenoxy) is 2. The molecule has 0 fully saturated rings. The lowest BCUT2D eigenvalue weighted by molar-refractivity contribution is -0.875. The topological polar surface area (TPSA) is 59.7 Å². The molecule has 1 atom stereocenters. The van der Waals surface area contributed by atoms with Crippen LogP contribution in [0, 0.1) is 0 Å². The average Bonchev–Trinajstić information content (AvgIpc) is 2.44. The highest BCUT2D eigenvalue weighted by Gasteiger charge is 2.14. The Morgan fingerprint density at radius 3 is 2.62 bits per heavy atom. The van der Waals surface area contributed by atoms with E-state index >= 15 is 0 Å². The molecular weight excluding hydrogens is 292 g/mol. The lowest BCUT2D eigenvalue weighted by Crippen LogP contribution is -3.09. The number of likely N-dealkylation sites (N-methyl/N-ethyl adjacent to an activating group) is 1. The fourth-order valence-electron chi connectivity index (χ4n) is 1.89. The fourth-order valence-corrected chi connectivity index (χ4v) is 2.12. The van der Waals surface area contributed by atoms with E-state index in [1.165, 1.54) is 4.90 Å². The van der Waals surface area contributed by atoms with E-state index in [1.807, 2.05) is 6.07 Å². The number of halogens is 1. The van der Waals surface area contributed by atoms with Gasteiger partial charge in [0.1, 0.15) is 25.7 Å². The van der Waals surface area contributed by atoms with Crippen molar-refractivity contribution < 1.29 is 24.8 Å². The molecular formula is C15H27ClN2O3+2. The van der Waals surface area contributed by atoms with E-state index < -0.39 is 0 Å². The largest absolute Gasteiger partial charge is 0.493 e. The molecule has 120 valence electrons. The number of nitrogens with two attached hydrogens (primary N) is 1. The first kappa shape index (κ1) is 18.0. The molecule has 0 heterocycles. The summed E-state index contributed by atoms with van der Waals surface area (Å²) in [7, 11) is 5.87. The van der Waals surface area contributed by atoms with Gasteiger partial charge in [0.25, 0.3) is 0 Å².